The zero-order valence-electron chi connectivity index (χ0n) is 8.08. The molecule has 1 aromatic rings. The highest BCUT2D eigenvalue weighted by atomic mass is 16.5. The van der Waals surface area contributed by atoms with Gasteiger partial charge in [0.25, 0.3) is 0 Å². The van der Waals surface area contributed by atoms with Crippen molar-refractivity contribution in [1.82, 2.24) is 10.1 Å². The molecule has 78 valence electrons. The first-order valence-corrected chi connectivity index (χ1v) is 4.99. The largest absolute Gasteiger partial charge is 0.438 e. The van der Waals surface area contributed by atoms with Crippen LogP contribution in [-0.2, 0) is 6.42 Å². The molecule has 1 saturated carbocycles. The first-order chi connectivity index (χ1) is 6.74. The summed E-state index contributed by atoms with van der Waals surface area (Å²) in [6, 6.07) is 0. The number of hydrogen-bond donors (Lipinski definition) is 2. The van der Waals surface area contributed by atoms with Crippen molar-refractivity contribution in [3.8, 4) is 0 Å². The zero-order valence-corrected chi connectivity index (χ0v) is 8.08. The highest BCUT2D eigenvalue weighted by molar-refractivity contribution is 4.94. The Balaban J connectivity index is 2.11. The van der Waals surface area contributed by atoms with Gasteiger partial charge in [-0.2, -0.15) is 0 Å². The molecule has 3 N–H and O–H groups in total. The lowest BCUT2D eigenvalue weighted by molar-refractivity contribution is 0.292. The average molecular weight is 197 g/mol. The molecule has 0 atom stereocenters. The van der Waals surface area contributed by atoms with Gasteiger partial charge in [0, 0.05) is 6.42 Å². The minimum Gasteiger partial charge on any atom is -0.330 e. The zero-order chi connectivity index (χ0) is 10.0. The molecule has 2 rings (SSSR count). The molecule has 1 aliphatic rings. The van der Waals surface area contributed by atoms with Crippen LogP contribution in [0, 0.1) is 5.41 Å². The minimum absolute atomic E-state index is 0.139. The van der Waals surface area contributed by atoms with Crippen LogP contribution in [-0.4, -0.2) is 16.7 Å². The van der Waals surface area contributed by atoms with E-state index in [-0.39, 0.29) is 5.41 Å². The molecule has 0 saturated heterocycles. The number of nitrogens with two attached hydrogens (primary N) is 1. The molecule has 0 amide bonds. The molecule has 14 heavy (non-hydrogen) atoms. The van der Waals surface area contributed by atoms with E-state index in [0.29, 0.717) is 12.4 Å². The van der Waals surface area contributed by atoms with Gasteiger partial charge in [-0.1, -0.05) is 18.0 Å². The fraction of sp³-hybridized carbons (Fsp3) is 0.778. The summed E-state index contributed by atoms with van der Waals surface area (Å²) in [5.74, 6) is 0.146. The predicted octanol–water partition coefficient (Wildman–Crippen LogP) is 0.424. The molecule has 5 nitrogen and oxygen atoms in total. The van der Waals surface area contributed by atoms with Crippen molar-refractivity contribution in [2.75, 3.05) is 6.54 Å². The van der Waals surface area contributed by atoms with Crippen LogP contribution < -0.4 is 11.5 Å². The van der Waals surface area contributed by atoms with Crippen LogP contribution in [0.4, 0.5) is 0 Å². The summed E-state index contributed by atoms with van der Waals surface area (Å²) >= 11 is 0. The Morgan fingerprint density at radius 1 is 1.50 bits per heavy atom. The smallest absolute Gasteiger partial charge is 0.330 e. The van der Waals surface area contributed by atoms with Crippen LogP contribution in [0.1, 0.15) is 31.5 Å². The van der Waals surface area contributed by atoms with E-state index in [9.17, 15) is 4.79 Å². The lowest BCUT2D eigenvalue weighted by Crippen LogP contribution is -2.30. The highest BCUT2D eigenvalue weighted by Gasteiger charge is 2.33. The molecule has 0 radical (unpaired) electrons. The van der Waals surface area contributed by atoms with Crippen molar-refractivity contribution in [3.05, 3.63) is 16.4 Å². The molecule has 1 heterocycles. The van der Waals surface area contributed by atoms with Crippen LogP contribution >= 0.6 is 0 Å². The Labute approximate surface area is 81.7 Å². The molecular weight excluding hydrogens is 182 g/mol. The van der Waals surface area contributed by atoms with Crippen molar-refractivity contribution in [3.63, 3.8) is 0 Å². The predicted molar refractivity (Wildman–Crippen MR) is 50.8 cm³/mol. The van der Waals surface area contributed by atoms with E-state index in [1.54, 1.807) is 0 Å². The van der Waals surface area contributed by atoms with Crippen molar-refractivity contribution in [2.45, 2.75) is 32.1 Å². The molecule has 0 bridgehead atoms. The molecule has 1 aliphatic carbocycles. The fourth-order valence-corrected chi connectivity index (χ4v) is 2.27. The number of nitrogens with zero attached hydrogens (tertiary/aromatic N) is 1. The second kappa shape index (κ2) is 3.57. The number of hydrogen-bond acceptors (Lipinski definition) is 4. The quantitative estimate of drug-likeness (QED) is 0.735. The Hall–Kier alpha value is -1.10. The number of H-pyrrole nitrogens is 1. The van der Waals surface area contributed by atoms with Crippen molar-refractivity contribution in [2.24, 2.45) is 11.1 Å². The second-order valence-electron chi connectivity index (χ2n) is 4.13. The number of rotatable bonds is 3. The van der Waals surface area contributed by atoms with E-state index in [1.165, 1.54) is 12.8 Å². The monoisotopic (exact) mass is 197 g/mol. The van der Waals surface area contributed by atoms with Gasteiger partial charge in [0.1, 0.15) is 0 Å². The van der Waals surface area contributed by atoms with E-state index < -0.39 is 5.76 Å². The maximum absolute atomic E-state index is 10.7. The van der Waals surface area contributed by atoms with Gasteiger partial charge in [-0.3, -0.25) is 9.51 Å². The third-order valence-electron chi connectivity index (χ3n) is 3.12. The maximum Gasteiger partial charge on any atom is 0.438 e. The lowest BCUT2D eigenvalue weighted by Gasteiger charge is -2.25. The molecule has 0 spiro atoms. The van der Waals surface area contributed by atoms with Crippen molar-refractivity contribution < 1.29 is 4.52 Å². The summed E-state index contributed by atoms with van der Waals surface area (Å²) in [5.41, 5.74) is 5.91. The van der Waals surface area contributed by atoms with Crippen LogP contribution in [0.3, 0.4) is 0 Å². The standard InChI is InChI=1S/C9H15N3O2/c10-6-9(3-1-2-4-9)5-7-11-8(13)14-12-7/h1-6,10H2,(H,11,12,13). The first-order valence-electron chi connectivity index (χ1n) is 4.99. The molecule has 0 unspecified atom stereocenters. The van der Waals surface area contributed by atoms with Gasteiger partial charge in [-0.05, 0) is 24.8 Å². The van der Waals surface area contributed by atoms with Gasteiger partial charge >= 0.3 is 5.76 Å². The fourth-order valence-electron chi connectivity index (χ4n) is 2.27. The minimum atomic E-state index is -0.481. The van der Waals surface area contributed by atoms with Gasteiger partial charge in [0.05, 0.1) is 0 Å². The summed E-state index contributed by atoms with van der Waals surface area (Å²) < 4.78 is 4.46. The van der Waals surface area contributed by atoms with Gasteiger partial charge in [-0.15, -0.1) is 0 Å². The van der Waals surface area contributed by atoms with Crippen LogP contribution in [0.25, 0.3) is 0 Å². The highest BCUT2D eigenvalue weighted by Crippen LogP contribution is 2.39. The molecule has 0 aromatic carbocycles. The Morgan fingerprint density at radius 3 is 2.71 bits per heavy atom. The van der Waals surface area contributed by atoms with Gasteiger partial charge in [0.2, 0.25) is 0 Å². The number of nitrogens with one attached hydrogen (secondary N) is 1. The summed E-state index contributed by atoms with van der Waals surface area (Å²) in [7, 11) is 0. The molecule has 0 aliphatic heterocycles. The number of aromatic amines is 1. The van der Waals surface area contributed by atoms with Crippen LogP contribution in [0.5, 0.6) is 0 Å². The Bertz CT molecular complexity index is 349. The topological polar surface area (TPSA) is 84.9 Å². The van der Waals surface area contributed by atoms with E-state index in [1.807, 2.05) is 0 Å². The van der Waals surface area contributed by atoms with Gasteiger partial charge < -0.3 is 5.73 Å². The third-order valence-corrected chi connectivity index (χ3v) is 3.12. The molecule has 1 aromatic heterocycles. The molecule has 1 fully saturated rings. The molecular formula is C9H15N3O2. The van der Waals surface area contributed by atoms with E-state index in [4.69, 9.17) is 5.73 Å². The Kier molecular flexibility index (Phi) is 2.41. The first kappa shape index (κ1) is 9.45. The normalized spacial score (nSPS) is 20.1. The Morgan fingerprint density at radius 2 is 2.21 bits per heavy atom. The third kappa shape index (κ3) is 1.72. The van der Waals surface area contributed by atoms with Gasteiger partial charge in [-0.25, -0.2) is 4.79 Å². The van der Waals surface area contributed by atoms with E-state index >= 15 is 0 Å². The summed E-state index contributed by atoms with van der Waals surface area (Å²) in [6.45, 7) is 0.655. The van der Waals surface area contributed by atoms with Gasteiger partial charge in [0.15, 0.2) is 5.82 Å². The molecule has 5 heteroatoms. The maximum atomic E-state index is 10.7. The summed E-state index contributed by atoms with van der Waals surface area (Å²) in [6.07, 6.45) is 5.42. The van der Waals surface area contributed by atoms with Crippen molar-refractivity contribution >= 4 is 0 Å². The van der Waals surface area contributed by atoms with Crippen molar-refractivity contribution in [1.29, 1.82) is 0 Å². The SMILES string of the molecule is NCC1(Cc2noc(=O)[nH]2)CCCC1. The average Bonchev–Trinajstić information content (AvgIpc) is 2.77. The van der Waals surface area contributed by atoms with E-state index in [2.05, 4.69) is 14.7 Å². The van der Waals surface area contributed by atoms with Crippen LogP contribution in [0.2, 0.25) is 0 Å². The summed E-state index contributed by atoms with van der Waals surface area (Å²) in [4.78, 5) is 13.3. The van der Waals surface area contributed by atoms with E-state index in [0.717, 1.165) is 19.3 Å². The summed E-state index contributed by atoms with van der Waals surface area (Å²) in [5, 5.41) is 3.67. The second-order valence-corrected chi connectivity index (χ2v) is 4.13. The van der Waals surface area contributed by atoms with Crippen LogP contribution in [0.15, 0.2) is 9.32 Å². The lowest BCUT2D eigenvalue weighted by atomic mass is 9.82. The number of aromatic nitrogens is 2.